The second kappa shape index (κ2) is 3.35. The quantitative estimate of drug-likeness (QED) is 0.565. The molecule has 0 unspecified atom stereocenters. The molecule has 98 valence electrons. The normalized spacial score (nSPS) is 15.9. The number of methoxy groups -OCH3 is 1. The summed E-state index contributed by atoms with van der Waals surface area (Å²) >= 11 is 2.63. The van der Waals surface area contributed by atoms with Crippen LogP contribution in [0.5, 0.6) is 0 Å². The van der Waals surface area contributed by atoms with Gasteiger partial charge in [-0.2, -0.15) is 0 Å². The van der Waals surface area contributed by atoms with Crippen LogP contribution >= 0.6 is 26.2 Å². The Balaban J connectivity index is 3.50. The van der Waals surface area contributed by atoms with Crippen LogP contribution in [0, 0.1) is 0 Å². The number of halogens is 6. The lowest BCUT2D eigenvalue weighted by atomic mass is 10.2. The Kier molecular flexibility index (Phi) is 2.80. The topological polar surface area (TPSA) is 26.3 Å². The average Bonchev–Trinajstić information content (AvgIpc) is 2.12. The van der Waals surface area contributed by atoms with Gasteiger partial charge in [0.15, 0.2) is 0 Å². The first-order valence-electron chi connectivity index (χ1n) is 3.96. The number of rotatable bonds is 2. The molecular weight excluding hydrogens is 335 g/mol. The van der Waals surface area contributed by atoms with E-state index < -0.39 is 26.7 Å². The first kappa shape index (κ1) is 14.2. The number of hydrogen-bond donors (Lipinski definition) is 0. The van der Waals surface area contributed by atoms with Crippen LogP contribution in [0.3, 0.4) is 0 Å². The summed E-state index contributed by atoms with van der Waals surface area (Å²) in [5, 5.41) is 0. The standard InChI is InChI=1S/C8H6BrF5O2S/c1-16-8(15)5-2-6(9)4-7(3-5)17(10,11,12,13)14/h2-4H,1H3. The molecule has 17 heavy (non-hydrogen) atoms. The van der Waals surface area contributed by atoms with Gasteiger partial charge in [0, 0.05) is 4.47 Å². The van der Waals surface area contributed by atoms with Crippen LogP contribution in [0.4, 0.5) is 19.4 Å². The van der Waals surface area contributed by atoms with Crippen molar-refractivity contribution in [2.45, 2.75) is 4.90 Å². The number of ether oxygens (including phenoxy) is 1. The number of carbonyl (C=O) groups excluding carboxylic acids is 1. The Morgan fingerprint density at radius 3 is 2.12 bits per heavy atom. The smallest absolute Gasteiger partial charge is 0.337 e. The van der Waals surface area contributed by atoms with E-state index in [1.54, 1.807) is 0 Å². The Morgan fingerprint density at radius 1 is 1.18 bits per heavy atom. The zero-order chi connectivity index (χ0) is 13.5. The van der Waals surface area contributed by atoms with Gasteiger partial charge in [-0.15, -0.1) is 0 Å². The third kappa shape index (κ3) is 3.56. The Labute approximate surface area is 102 Å². The second-order valence-corrected chi connectivity index (χ2v) is 6.46. The Morgan fingerprint density at radius 2 is 1.71 bits per heavy atom. The maximum absolute atomic E-state index is 12.5. The summed E-state index contributed by atoms with van der Waals surface area (Å²) in [5.41, 5.74) is -0.606. The molecule has 1 aromatic carbocycles. The van der Waals surface area contributed by atoms with Crippen molar-refractivity contribution in [1.82, 2.24) is 0 Å². The van der Waals surface area contributed by atoms with Crippen LogP contribution in [0.15, 0.2) is 27.6 Å². The van der Waals surface area contributed by atoms with Crippen molar-refractivity contribution in [2.24, 2.45) is 0 Å². The monoisotopic (exact) mass is 340 g/mol. The highest BCUT2D eigenvalue weighted by Gasteiger charge is 2.65. The number of carbonyl (C=O) groups is 1. The van der Waals surface area contributed by atoms with Crippen molar-refractivity contribution >= 4 is 32.1 Å². The van der Waals surface area contributed by atoms with Crippen molar-refractivity contribution in [3.05, 3.63) is 28.2 Å². The van der Waals surface area contributed by atoms with Crippen LogP contribution in [0.1, 0.15) is 10.4 Å². The summed E-state index contributed by atoms with van der Waals surface area (Å²) in [6.07, 6.45) is 0. The zero-order valence-corrected chi connectivity index (χ0v) is 10.6. The van der Waals surface area contributed by atoms with E-state index in [-0.39, 0.29) is 16.6 Å². The number of esters is 1. The van der Waals surface area contributed by atoms with E-state index >= 15 is 0 Å². The minimum atomic E-state index is -9.80. The molecule has 0 spiro atoms. The fourth-order valence-corrected chi connectivity index (χ4v) is 2.37. The number of benzene rings is 1. The molecule has 0 aliphatic carbocycles. The van der Waals surface area contributed by atoms with Crippen LogP contribution in [-0.4, -0.2) is 13.1 Å². The highest BCUT2D eigenvalue weighted by Crippen LogP contribution is 3.02. The predicted molar refractivity (Wildman–Crippen MR) is 56.9 cm³/mol. The van der Waals surface area contributed by atoms with Gasteiger partial charge < -0.3 is 4.74 Å². The first-order chi connectivity index (χ1) is 7.33. The molecule has 0 aliphatic heterocycles. The minimum absolute atomic E-state index is 0.0676. The molecular formula is C8H6BrF5O2S. The SMILES string of the molecule is COC(=O)c1cc(Br)cc(S(F)(F)(F)(F)F)c1. The molecule has 0 saturated carbocycles. The molecule has 0 amide bonds. The van der Waals surface area contributed by atoms with Gasteiger partial charge in [0.25, 0.3) is 0 Å². The van der Waals surface area contributed by atoms with E-state index in [2.05, 4.69) is 20.7 Å². The van der Waals surface area contributed by atoms with Gasteiger partial charge in [0.1, 0.15) is 4.90 Å². The maximum atomic E-state index is 12.5. The van der Waals surface area contributed by atoms with Crippen molar-refractivity contribution in [3.8, 4) is 0 Å². The lowest BCUT2D eigenvalue weighted by Crippen LogP contribution is -2.09. The largest absolute Gasteiger partial charge is 0.465 e. The van der Waals surface area contributed by atoms with Gasteiger partial charge in [-0.1, -0.05) is 35.4 Å². The third-order valence-electron chi connectivity index (χ3n) is 1.74. The highest BCUT2D eigenvalue weighted by molar-refractivity contribution is 9.10. The molecule has 0 heterocycles. The van der Waals surface area contributed by atoms with Gasteiger partial charge in [-0.05, 0) is 18.2 Å². The molecule has 0 atom stereocenters. The summed E-state index contributed by atoms with van der Waals surface area (Å²) in [5.74, 6) is -1.13. The molecule has 0 aromatic heterocycles. The molecule has 1 rings (SSSR count). The average molecular weight is 341 g/mol. The van der Waals surface area contributed by atoms with Crippen LogP contribution in [0.2, 0.25) is 0 Å². The lowest BCUT2D eigenvalue weighted by molar-refractivity contribution is 0.0600. The Hall–Kier alpha value is -0.830. The van der Waals surface area contributed by atoms with Gasteiger partial charge in [0.2, 0.25) is 0 Å². The molecule has 0 N–H and O–H groups in total. The lowest BCUT2D eigenvalue weighted by Gasteiger charge is -2.40. The van der Waals surface area contributed by atoms with Crippen LogP contribution in [0.25, 0.3) is 0 Å². The summed E-state index contributed by atoms with van der Waals surface area (Å²) in [4.78, 5) is 8.87. The molecule has 2 nitrogen and oxygen atoms in total. The van der Waals surface area contributed by atoms with Gasteiger partial charge in [-0.25, -0.2) is 4.79 Å². The first-order valence-corrected chi connectivity index (χ1v) is 6.71. The minimum Gasteiger partial charge on any atom is -0.465 e. The van der Waals surface area contributed by atoms with Gasteiger partial charge in [-0.3, -0.25) is 0 Å². The van der Waals surface area contributed by atoms with E-state index in [0.29, 0.717) is 0 Å². The highest BCUT2D eigenvalue weighted by atomic mass is 79.9. The molecule has 0 saturated heterocycles. The van der Waals surface area contributed by atoms with Gasteiger partial charge in [0.05, 0.1) is 12.7 Å². The molecule has 9 heteroatoms. The maximum Gasteiger partial charge on any atom is 0.337 e. The second-order valence-electron chi connectivity index (χ2n) is 3.14. The predicted octanol–water partition coefficient (Wildman–Crippen LogP) is 4.89. The third-order valence-corrected chi connectivity index (χ3v) is 3.32. The van der Waals surface area contributed by atoms with Crippen molar-refractivity contribution < 1.29 is 29.0 Å². The van der Waals surface area contributed by atoms with Gasteiger partial charge >= 0.3 is 16.2 Å². The molecule has 1 aromatic rings. The Bertz CT molecular complexity index is 484. The molecule has 0 radical (unpaired) electrons. The molecule has 0 fully saturated rings. The fraction of sp³-hybridized carbons (Fsp3) is 0.125. The number of hydrogen-bond acceptors (Lipinski definition) is 2. The van der Waals surface area contributed by atoms with Crippen molar-refractivity contribution in [2.75, 3.05) is 7.11 Å². The van der Waals surface area contributed by atoms with Crippen molar-refractivity contribution in [1.29, 1.82) is 0 Å². The summed E-state index contributed by atoms with van der Waals surface area (Å²) in [6.45, 7) is 0. The summed E-state index contributed by atoms with van der Waals surface area (Å²) in [6, 6.07) is 1.24. The summed E-state index contributed by atoms with van der Waals surface area (Å²) < 4.78 is 66.4. The van der Waals surface area contributed by atoms with E-state index in [4.69, 9.17) is 0 Å². The van der Waals surface area contributed by atoms with E-state index in [9.17, 15) is 24.2 Å². The summed E-state index contributed by atoms with van der Waals surface area (Å²) in [7, 11) is -8.87. The zero-order valence-electron chi connectivity index (χ0n) is 8.22. The van der Waals surface area contributed by atoms with Crippen molar-refractivity contribution in [3.63, 3.8) is 0 Å². The van der Waals surface area contributed by atoms with E-state index in [1.807, 2.05) is 0 Å². The van der Waals surface area contributed by atoms with E-state index in [1.165, 1.54) is 0 Å². The van der Waals surface area contributed by atoms with E-state index in [0.717, 1.165) is 13.2 Å². The van der Waals surface area contributed by atoms with Crippen LogP contribution < -0.4 is 0 Å². The molecule has 0 bridgehead atoms. The van der Waals surface area contributed by atoms with Crippen LogP contribution in [-0.2, 0) is 4.74 Å². The fourth-order valence-electron chi connectivity index (χ4n) is 1.02. The molecule has 0 aliphatic rings.